The predicted molar refractivity (Wildman–Crippen MR) is 106 cm³/mol. The number of hydrogen-bond donors (Lipinski definition) is 1. The van der Waals surface area contributed by atoms with E-state index >= 15 is 0 Å². The summed E-state index contributed by atoms with van der Waals surface area (Å²) in [6.45, 7) is 5.75. The van der Waals surface area contributed by atoms with Gasteiger partial charge in [0.2, 0.25) is 5.95 Å². The van der Waals surface area contributed by atoms with Gasteiger partial charge in [0.15, 0.2) is 0 Å². The van der Waals surface area contributed by atoms with E-state index in [-0.39, 0.29) is 5.82 Å². The molecular weight excluding hydrogens is 357 g/mol. The van der Waals surface area contributed by atoms with E-state index in [2.05, 4.69) is 15.1 Å². The number of hydrogen-bond acceptors (Lipinski definition) is 6. The Bertz CT molecular complexity index is 833. The minimum atomic E-state index is -0.187. The number of fused-ring (bicyclic) bond motifs is 1. The molecule has 0 bridgehead atoms. The highest BCUT2D eigenvalue weighted by atomic mass is 19.1. The number of halogens is 1. The van der Waals surface area contributed by atoms with Crippen LogP contribution in [0.3, 0.4) is 0 Å². The molecule has 0 amide bonds. The molecule has 2 aromatic rings. The van der Waals surface area contributed by atoms with Gasteiger partial charge in [-0.05, 0) is 30.5 Å². The molecule has 1 aromatic carbocycles. The van der Waals surface area contributed by atoms with Crippen molar-refractivity contribution in [1.29, 1.82) is 0 Å². The van der Waals surface area contributed by atoms with E-state index in [4.69, 9.17) is 14.7 Å². The van der Waals surface area contributed by atoms with Gasteiger partial charge in [0.25, 0.3) is 0 Å². The maximum absolute atomic E-state index is 13.2. The van der Waals surface area contributed by atoms with Gasteiger partial charge < -0.3 is 15.0 Å². The third-order valence-corrected chi connectivity index (χ3v) is 5.66. The van der Waals surface area contributed by atoms with Crippen LogP contribution in [-0.4, -0.2) is 53.8 Å². The minimum Gasteiger partial charge on any atom is -0.378 e. The highest BCUT2D eigenvalue weighted by Gasteiger charge is 2.28. The Morgan fingerprint density at radius 2 is 1.86 bits per heavy atom. The lowest BCUT2D eigenvalue weighted by Crippen LogP contribution is -2.38. The van der Waals surface area contributed by atoms with E-state index in [0.29, 0.717) is 6.04 Å². The fraction of sp³-hybridized carbons (Fsp3) is 0.524. The second-order valence-corrected chi connectivity index (χ2v) is 7.90. The number of rotatable bonds is 5. The first-order valence-corrected chi connectivity index (χ1v) is 10.2. The summed E-state index contributed by atoms with van der Waals surface area (Å²) in [4.78, 5) is 14.5. The van der Waals surface area contributed by atoms with Gasteiger partial charge in [-0.3, -0.25) is 4.90 Å². The van der Waals surface area contributed by atoms with Crippen molar-refractivity contribution in [3.05, 3.63) is 46.9 Å². The van der Waals surface area contributed by atoms with Crippen molar-refractivity contribution < 1.29 is 9.13 Å². The Balaban J connectivity index is 1.38. The molecule has 1 saturated carbocycles. The summed E-state index contributed by atoms with van der Waals surface area (Å²) in [7, 11) is 0. The molecule has 5 rings (SSSR count). The Hall–Kier alpha value is -2.25. The number of benzene rings is 1. The lowest BCUT2D eigenvalue weighted by atomic mass is 10.0. The fourth-order valence-electron chi connectivity index (χ4n) is 3.89. The van der Waals surface area contributed by atoms with E-state index in [1.54, 1.807) is 0 Å². The molecule has 28 heavy (non-hydrogen) atoms. The number of ether oxygens (including phenoxy) is 1. The summed E-state index contributed by atoms with van der Waals surface area (Å²) in [6.07, 6.45) is 3.34. The smallest absolute Gasteiger partial charge is 0.227 e. The standard InChI is InChI=1S/C21H26FN5O/c22-16-3-1-15(2-4-16)13-26-8-7-19-18(14-26)20(23-17-5-6-17)25-21(24-19)27-9-11-28-12-10-27/h1-4,17H,5-14H2,(H,23,24,25). The van der Waals surface area contributed by atoms with Crippen molar-refractivity contribution in [3.63, 3.8) is 0 Å². The SMILES string of the molecule is Fc1ccc(CN2CCc3nc(N4CCOCC4)nc(NC4CC4)c3C2)cc1. The zero-order valence-corrected chi connectivity index (χ0v) is 16.0. The van der Waals surface area contributed by atoms with E-state index in [1.807, 2.05) is 12.1 Å². The predicted octanol–water partition coefficient (Wildman–Crippen LogP) is 2.58. The summed E-state index contributed by atoms with van der Waals surface area (Å²) in [6, 6.07) is 7.35. The first kappa shape index (κ1) is 17.8. The molecule has 1 aliphatic carbocycles. The summed E-state index contributed by atoms with van der Waals surface area (Å²) >= 11 is 0. The van der Waals surface area contributed by atoms with Gasteiger partial charge in [0, 0.05) is 50.7 Å². The van der Waals surface area contributed by atoms with Gasteiger partial charge in [-0.15, -0.1) is 0 Å². The Morgan fingerprint density at radius 1 is 1.07 bits per heavy atom. The second kappa shape index (κ2) is 7.64. The second-order valence-electron chi connectivity index (χ2n) is 7.90. The zero-order chi connectivity index (χ0) is 18.9. The topological polar surface area (TPSA) is 53.5 Å². The van der Waals surface area contributed by atoms with E-state index in [0.717, 1.165) is 75.4 Å². The molecule has 6 nitrogen and oxygen atoms in total. The van der Waals surface area contributed by atoms with Crippen LogP contribution in [0.15, 0.2) is 24.3 Å². The average Bonchev–Trinajstić information content (AvgIpc) is 3.55. The van der Waals surface area contributed by atoms with E-state index < -0.39 is 0 Å². The molecule has 1 N–H and O–H groups in total. The van der Waals surface area contributed by atoms with Crippen LogP contribution in [0, 0.1) is 5.82 Å². The molecule has 1 aromatic heterocycles. The minimum absolute atomic E-state index is 0.187. The van der Waals surface area contributed by atoms with Gasteiger partial charge in [-0.1, -0.05) is 12.1 Å². The zero-order valence-electron chi connectivity index (χ0n) is 16.0. The van der Waals surface area contributed by atoms with Gasteiger partial charge in [0.1, 0.15) is 11.6 Å². The van der Waals surface area contributed by atoms with Gasteiger partial charge in [-0.25, -0.2) is 9.37 Å². The molecule has 2 aliphatic heterocycles. The monoisotopic (exact) mass is 383 g/mol. The maximum Gasteiger partial charge on any atom is 0.227 e. The van der Waals surface area contributed by atoms with Crippen LogP contribution in [-0.2, 0) is 24.2 Å². The van der Waals surface area contributed by atoms with Crippen LogP contribution >= 0.6 is 0 Å². The quantitative estimate of drug-likeness (QED) is 0.857. The van der Waals surface area contributed by atoms with Gasteiger partial charge in [0.05, 0.1) is 18.9 Å². The first-order valence-electron chi connectivity index (χ1n) is 10.2. The third-order valence-electron chi connectivity index (χ3n) is 5.66. The molecule has 148 valence electrons. The molecule has 3 aliphatic rings. The van der Waals surface area contributed by atoms with Crippen molar-refractivity contribution in [2.45, 2.75) is 38.4 Å². The number of nitrogens with one attached hydrogen (secondary N) is 1. The molecule has 1 saturated heterocycles. The largest absolute Gasteiger partial charge is 0.378 e. The molecule has 2 fully saturated rings. The van der Waals surface area contributed by atoms with Crippen LogP contribution in [0.5, 0.6) is 0 Å². The van der Waals surface area contributed by atoms with Crippen molar-refractivity contribution in [3.8, 4) is 0 Å². The third kappa shape index (κ3) is 3.95. The highest BCUT2D eigenvalue weighted by Crippen LogP contribution is 2.31. The highest BCUT2D eigenvalue weighted by molar-refractivity contribution is 5.53. The summed E-state index contributed by atoms with van der Waals surface area (Å²) < 4.78 is 18.7. The Labute approximate surface area is 164 Å². The van der Waals surface area contributed by atoms with Crippen molar-refractivity contribution in [1.82, 2.24) is 14.9 Å². The fourth-order valence-corrected chi connectivity index (χ4v) is 3.89. The molecule has 3 heterocycles. The summed E-state index contributed by atoms with van der Waals surface area (Å²) in [5, 5.41) is 3.63. The van der Waals surface area contributed by atoms with Crippen LogP contribution in [0.1, 0.15) is 29.7 Å². The maximum atomic E-state index is 13.2. The number of aromatic nitrogens is 2. The van der Waals surface area contributed by atoms with Gasteiger partial charge >= 0.3 is 0 Å². The van der Waals surface area contributed by atoms with Crippen LogP contribution in [0.4, 0.5) is 16.2 Å². The first-order chi connectivity index (χ1) is 13.7. The lowest BCUT2D eigenvalue weighted by molar-refractivity contribution is 0.122. The molecule has 0 spiro atoms. The van der Waals surface area contributed by atoms with E-state index in [1.165, 1.54) is 30.5 Å². The molecule has 7 heteroatoms. The van der Waals surface area contributed by atoms with E-state index in [9.17, 15) is 4.39 Å². The van der Waals surface area contributed by atoms with Crippen molar-refractivity contribution in [2.24, 2.45) is 0 Å². The molecular formula is C21H26FN5O. The number of anilines is 2. The average molecular weight is 383 g/mol. The lowest BCUT2D eigenvalue weighted by Gasteiger charge is -2.32. The molecule has 0 unspecified atom stereocenters. The Morgan fingerprint density at radius 3 is 2.61 bits per heavy atom. The van der Waals surface area contributed by atoms with Crippen LogP contribution in [0.25, 0.3) is 0 Å². The molecule has 0 atom stereocenters. The molecule has 0 radical (unpaired) electrons. The van der Waals surface area contributed by atoms with Crippen LogP contribution < -0.4 is 10.2 Å². The summed E-state index contributed by atoms with van der Waals surface area (Å²) in [5.41, 5.74) is 3.51. The van der Waals surface area contributed by atoms with Gasteiger partial charge in [-0.2, -0.15) is 4.98 Å². The number of morpholine rings is 1. The van der Waals surface area contributed by atoms with Crippen LogP contribution in [0.2, 0.25) is 0 Å². The van der Waals surface area contributed by atoms with Crippen molar-refractivity contribution >= 4 is 11.8 Å². The summed E-state index contributed by atoms with van der Waals surface area (Å²) in [5.74, 6) is 1.64. The Kier molecular flexibility index (Phi) is 4.86. The normalized spacial score (nSPS) is 20.1. The van der Waals surface area contributed by atoms with Crippen molar-refractivity contribution in [2.75, 3.05) is 43.1 Å². The number of nitrogens with zero attached hydrogens (tertiary/aromatic N) is 4.